The molecule has 0 radical (unpaired) electrons. The lowest BCUT2D eigenvalue weighted by atomic mass is 9.94. The summed E-state index contributed by atoms with van der Waals surface area (Å²) >= 11 is 0. The second kappa shape index (κ2) is 8.63. The van der Waals surface area contributed by atoms with Crippen molar-refractivity contribution in [2.24, 2.45) is 11.7 Å². The van der Waals surface area contributed by atoms with Gasteiger partial charge in [-0.25, -0.2) is 4.39 Å². The zero-order valence-electron chi connectivity index (χ0n) is 14.2. The number of nitrogens with two attached hydrogens (primary N) is 1. The van der Waals surface area contributed by atoms with Crippen LogP contribution in [0.25, 0.3) is 0 Å². The molecular weight excluding hydrogens is 345 g/mol. The fourth-order valence-electron chi connectivity index (χ4n) is 3.52. The van der Waals surface area contributed by atoms with Gasteiger partial charge in [-0.1, -0.05) is 0 Å². The van der Waals surface area contributed by atoms with Crippen molar-refractivity contribution in [2.75, 3.05) is 26.2 Å². The van der Waals surface area contributed by atoms with E-state index >= 15 is 0 Å². The van der Waals surface area contributed by atoms with Gasteiger partial charge in [-0.15, -0.1) is 12.4 Å². The molecule has 2 aliphatic heterocycles. The second-order valence-electron chi connectivity index (χ2n) is 6.76. The van der Waals surface area contributed by atoms with Gasteiger partial charge in [0.1, 0.15) is 5.82 Å². The first-order valence-corrected chi connectivity index (χ1v) is 8.64. The molecule has 2 N–H and O–H groups in total. The van der Waals surface area contributed by atoms with Crippen molar-refractivity contribution < 1.29 is 14.0 Å². The fraction of sp³-hybridized carbons (Fsp3) is 0.556. The maximum atomic E-state index is 13.0. The predicted octanol–water partition coefficient (Wildman–Crippen LogP) is 2.05. The summed E-state index contributed by atoms with van der Waals surface area (Å²) < 4.78 is 13.0. The minimum Gasteiger partial charge on any atom is -0.342 e. The number of carbonyl (C=O) groups excluding carboxylic acids is 2. The Bertz CT molecular complexity index is 603. The molecule has 0 bridgehead atoms. The van der Waals surface area contributed by atoms with Gasteiger partial charge in [-0.3, -0.25) is 9.59 Å². The Labute approximate surface area is 153 Å². The molecule has 1 unspecified atom stereocenters. The van der Waals surface area contributed by atoms with E-state index < -0.39 is 0 Å². The minimum absolute atomic E-state index is 0. The normalized spacial score (nSPS) is 21.6. The third-order valence-corrected chi connectivity index (χ3v) is 5.00. The van der Waals surface area contributed by atoms with E-state index in [0.717, 1.165) is 25.7 Å². The standard InChI is InChI=1S/C18H24FN3O2.ClH/c19-15-5-3-13(4-6-15)17(23)22-9-1-2-14(12-22)18(24)21-10-7-16(20)8-11-21;/h3-6,14,16H,1-2,7-12,20H2;1H. The van der Waals surface area contributed by atoms with E-state index in [2.05, 4.69) is 0 Å². The van der Waals surface area contributed by atoms with E-state index in [1.165, 1.54) is 24.3 Å². The molecule has 0 aromatic heterocycles. The van der Waals surface area contributed by atoms with E-state index in [1.807, 2.05) is 4.90 Å². The number of nitrogens with zero attached hydrogens (tertiary/aromatic N) is 2. The Hall–Kier alpha value is -1.66. The van der Waals surface area contributed by atoms with Crippen LogP contribution in [0, 0.1) is 11.7 Å². The summed E-state index contributed by atoms with van der Waals surface area (Å²) in [6.45, 7) is 2.51. The van der Waals surface area contributed by atoms with Gasteiger partial charge >= 0.3 is 0 Å². The molecule has 5 nitrogen and oxygen atoms in total. The average molecular weight is 370 g/mol. The number of amides is 2. The minimum atomic E-state index is -0.360. The molecule has 7 heteroatoms. The number of halogens is 2. The highest BCUT2D eigenvalue weighted by Gasteiger charge is 2.32. The van der Waals surface area contributed by atoms with Crippen LogP contribution < -0.4 is 5.73 Å². The summed E-state index contributed by atoms with van der Waals surface area (Å²) in [5, 5.41) is 0. The molecule has 2 fully saturated rings. The summed E-state index contributed by atoms with van der Waals surface area (Å²) in [5.41, 5.74) is 6.36. The van der Waals surface area contributed by atoms with E-state index in [-0.39, 0.29) is 42.0 Å². The Kier molecular flexibility index (Phi) is 6.79. The highest BCUT2D eigenvalue weighted by Crippen LogP contribution is 2.22. The van der Waals surface area contributed by atoms with Crippen molar-refractivity contribution >= 4 is 24.2 Å². The molecule has 1 atom stereocenters. The Morgan fingerprint density at radius 3 is 2.28 bits per heavy atom. The SMILES string of the molecule is Cl.NC1CCN(C(=O)C2CCCN(C(=O)c3ccc(F)cc3)C2)CC1. The summed E-state index contributed by atoms with van der Waals surface area (Å²) in [5.74, 6) is -0.495. The predicted molar refractivity (Wildman–Crippen MR) is 96.1 cm³/mol. The fourth-order valence-corrected chi connectivity index (χ4v) is 3.52. The Balaban J connectivity index is 0.00000225. The molecule has 0 aliphatic carbocycles. The van der Waals surface area contributed by atoms with Gasteiger partial charge in [-0.05, 0) is 49.9 Å². The highest BCUT2D eigenvalue weighted by molar-refractivity contribution is 5.94. The van der Waals surface area contributed by atoms with Crippen LogP contribution >= 0.6 is 12.4 Å². The number of carbonyl (C=O) groups is 2. The van der Waals surface area contributed by atoms with Gasteiger partial charge in [-0.2, -0.15) is 0 Å². The maximum Gasteiger partial charge on any atom is 0.253 e. The molecule has 2 aliphatic rings. The van der Waals surface area contributed by atoms with Crippen LogP contribution in [0.2, 0.25) is 0 Å². The van der Waals surface area contributed by atoms with Gasteiger partial charge in [0.05, 0.1) is 5.92 Å². The molecule has 2 heterocycles. The van der Waals surface area contributed by atoms with E-state index in [0.29, 0.717) is 31.7 Å². The lowest BCUT2D eigenvalue weighted by molar-refractivity contribution is -0.138. The number of hydrogen-bond acceptors (Lipinski definition) is 3. The smallest absolute Gasteiger partial charge is 0.253 e. The summed E-state index contributed by atoms with van der Waals surface area (Å²) in [4.78, 5) is 28.9. The lowest BCUT2D eigenvalue weighted by Gasteiger charge is -2.37. The molecule has 0 saturated carbocycles. The second-order valence-corrected chi connectivity index (χ2v) is 6.76. The van der Waals surface area contributed by atoms with Gasteiger partial charge in [0, 0.05) is 37.8 Å². The monoisotopic (exact) mass is 369 g/mol. The number of likely N-dealkylation sites (tertiary alicyclic amines) is 2. The van der Waals surface area contributed by atoms with Crippen molar-refractivity contribution in [1.82, 2.24) is 9.80 Å². The van der Waals surface area contributed by atoms with Gasteiger partial charge in [0.2, 0.25) is 5.91 Å². The van der Waals surface area contributed by atoms with Crippen LogP contribution in [0.1, 0.15) is 36.0 Å². The quantitative estimate of drug-likeness (QED) is 0.867. The van der Waals surface area contributed by atoms with Gasteiger partial charge in [0.25, 0.3) is 5.91 Å². The zero-order chi connectivity index (χ0) is 17.1. The number of benzene rings is 1. The first-order valence-electron chi connectivity index (χ1n) is 8.64. The third kappa shape index (κ3) is 4.70. The third-order valence-electron chi connectivity index (χ3n) is 5.00. The van der Waals surface area contributed by atoms with E-state index in [1.54, 1.807) is 4.90 Å². The maximum absolute atomic E-state index is 13.0. The largest absolute Gasteiger partial charge is 0.342 e. The Morgan fingerprint density at radius 2 is 1.64 bits per heavy atom. The molecule has 1 aromatic rings. The van der Waals surface area contributed by atoms with Gasteiger partial charge in [0.15, 0.2) is 0 Å². The van der Waals surface area contributed by atoms with E-state index in [9.17, 15) is 14.0 Å². The van der Waals surface area contributed by atoms with Crippen LogP contribution in [0.4, 0.5) is 4.39 Å². The van der Waals surface area contributed by atoms with Crippen LogP contribution in [-0.4, -0.2) is 53.8 Å². The number of hydrogen-bond donors (Lipinski definition) is 1. The van der Waals surface area contributed by atoms with Crippen molar-refractivity contribution in [3.63, 3.8) is 0 Å². The molecular formula is C18H25ClFN3O2. The van der Waals surface area contributed by atoms with Crippen LogP contribution in [0.5, 0.6) is 0 Å². The van der Waals surface area contributed by atoms with Crippen molar-refractivity contribution in [2.45, 2.75) is 31.7 Å². The van der Waals surface area contributed by atoms with E-state index in [4.69, 9.17) is 5.73 Å². The first-order chi connectivity index (χ1) is 11.5. The molecule has 3 rings (SSSR count). The van der Waals surface area contributed by atoms with Crippen molar-refractivity contribution in [3.05, 3.63) is 35.6 Å². The molecule has 2 amide bonds. The van der Waals surface area contributed by atoms with Crippen LogP contribution in [0.15, 0.2) is 24.3 Å². The molecule has 138 valence electrons. The zero-order valence-corrected chi connectivity index (χ0v) is 15.0. The molecule has 1 aromatic carbocycles. The lowest BCUT2D eigenvalue weighted by Crippen LogP contribution is -2.50. The highest BCUT2D eigenvalue weighted by atomic mass is 35.5. The Morgan fingerprint density at radius 1 is 1.00 bits per heavy atom. The summed E-state index contributed by atoms with van der Waals surface area (Å²) in [6, 6.07) is 5.76. The number of piperidine rings is 2. The van der Waals surface area contributed by atoms with Gasteiger partial charge < -0.3 is 15.5 Å². The first kappa shape index (κ1) is 19.7. The molecule has 0 spiro atoms. The van der Waals surface area contributed by atoms with Crippen molar-refractivity contribution in [1.29, 1.82) is 0 Å². The topological polar surface area (TPSA) is 66.6 Å². The summed E-state index contributed by atoms with van der Waals surface area (Å²) in [7, 11) is 0. The number of rotatable bonds is 2. The molecule has 2 saturated heterocycles. The molecule has 25 heavy (non-hydrogen) atoms. The average Bonchev–Trinajstić information content (AvgIpc) is 2.62. The van der Waals surface area contributed by atoms with Crippen LogP contribution in [0.3, 0.4) is 0 Å². The van der Waals surface area contributed by atoms with Crippen molar-refractivity contribution in [3.8, 4) is 0 Å². The summed E-state index contributed by atoms with van der Waals surface area (Å²) in [6.07, 6.45) is 3.32. The van der Waals surface area contributed by atoms with Crippen LogP contribution in [-0.2, 0) is 4.79 Å².